The Hall–Kier alpha value is -1.72. The third kappa shape index (κ3) is 4.65. The van der Waals surface area contributed by atoms with E-state index in [1.54, 1.807) is 25.1 Å². The summed E-state index contributed by atoms with van der Waals surface area (Å²) >= 11 is 3.47. The molecule has 0 saturated heterocycles. The Balaban J connectivity index is 1.94. The minimum atomic E-state index is -0.908. The van der Waals surface area contributed by atoms with E-state index in [0.29, 0.717) is 18.4 Å². The molecule has 1 atom stereocenters. The van der Waals surface area contributed by atoms with E-state index >= 15 is 0 Å². The van der Waals surface area contributed by atoms with Crippen molar-refractivity contribution >= 4 is 21.8 Å². The largest absolute Gasteiger partial charge is 0.372 e. The van der Waals surface area contributed by atoms with Crippen LogP contribution >= 0.6 is 15.9 Å². The van der Waals surface area contributed by atoms with Crippen LogP contribution in [0, 0.1) is 5.82 Å². The SMILES string of the molecule is CO[C@@](C)(CNC(=O)CCc1ccccc1Br)c1ccccc1F. The zero-order valence-electron chi connectivity index (χ0n) is 13.8. The average molecular weight is 394 g/mol. The number of rotatable bonds is 7. The summed E-state index contributed by atoms with van der Waals surface area (Å²) in [6.07, 6.45) is 0.996. The minimum absolute atomic E-state index is 0.0923. The molecule has 2 rings (SSSR count). The lowest BCUT2D eigenvalue weighted by molar-refractivity contribution is -0.122. The fourth-order valence-corrected chi connectivity index (χ4v) is 2.96. The van der Waals surface area contributed by atoms with Gasteiger partial charge in [-0.2, -0.15) is 0 Å². The van der Waals surface area contributed by atoms with Crippen molar-refractivity contribution in [3.8, 4) is 0 Å². The first kappa shape index (κ1) is 18.6. The van der Waals surface area contributed by atoms with Crippen LogP contribution < -0.4 is 5.32 Å². The zero-order chi connectivity index (χ0) is 17.6. The van der Waals surface area contributed by atoms with Crippen LogP contribution in [0.15, 0.2) is 53.0 Å². The summed E-state index contributed by atoms with van der Waals surface area (Å²) in [5.41, 5.74) is 0.601. The summed E-state index contributed by atoms with van der Waals surface area (Å²) in [6.45, 7) is 1.97. The third-order valence-electron chi connectivity index (χ3n) is 4.10. The number of benzene rings is 2. The fourth-order valence-electron chi connectivity index (χ4n) is 2.47. The number of hydrogen-bond acceptors (Lipinski definition) is 2. The van der Waals surface area contributed by atoms with Crippen molar-refractivity contribution in [2.24, 2.45) is 0 Å². The van der Waals surface area contributed by atoms with E-state index in [0.717, 1.165) is 10.0 Å². The number of halogens is 2. The van der Waals surface area contributed by atoms with Crippen molar-refractivity contribution in [2.75, 3.05) is 13.7 Å². The number of carbonyl (C=O) groups is 1. The Bertz CT molecular complexity index is 707. The first-order chi connectivity index (χ1) is 11.5. The number of nitrogens with one attached hydrogen (secondary N) is 1. The van der Waals surface area contributed by atoms with E-state index in [4.69, 9.17) is 4.74 Å². The maximum absolute atomic E-state index is 14.0. The normalized spacial score (nSPS) is 13.3. The highest BCUT2D eigenvalue weighted by Gasteiger charge is 2.29. The van der Waals surface area contributed by atoms with Gasteiger partial charge in [0.25, 0.3) is 0 Å². The van der Waals surface area contributed by atoms with Gasteiger partial charge in [0.2, 0.25) is 5.91 Å². The van der Waals surface area contributed by atoms with Crippen LogP contribution in [0.25, 0.3) is 0 Å². The maximum Gasteiger partial charge on any atom is 0.220 e. The van der Waals surface area contributed by atoms with Gasteiger partial charge in [-0.15, -0.1) is 0 Å². The predicted molar refractivity (Wildman–Crippen MR) is 96.2 cm³/mol. The van der Waals surface area contributed by atoms with Gasteiger partial charge >= 0.3 is 0 Å². The molecule has 0 radical (unpaired) electrons. The molecule has 2 aromatic rings. The molecule has 0 aliphatic heterocycles. The number of carbonyl (C=O) groups excluding carboxylic acids is 1. The summed E-state index contributed by atoms with van der Waals surface area (Å²) in [4.78, 5) is 12.1. The topological polar surface area (TPSA) is 38.3 Å². The van der Waals surface area contributed by atoms with Gasteiger partial charge in [-0.1, -0.05) is 52.3 Å². The van der Waals surface area contributed by atoms with Gasteiger partial charge in [-0.3, -0.25) is 4.79 Å². The quantitative estimate of drug-likeness (QED) is 0.765. The van der Waals surface area contributed by atoms with Gasteiger partial charge in [-0.25, -0.2) is 4.39 Å². The van der Waals surface area contributed by atoms with Crippen LogP contribution in [-0.4, -0.2) is 19.6 Å². The molecular formula is C19H21BrFNO2. The molecule has 0 aliphatic carbocycles. The molecule has 5 heteroatoms. The molecule has 128 valence electrons. The monoisotopic (exact) mass is 393 g/mol. The van der Waals surface area contributed by atoms with Crippen LogP contribution in [0.1, 0.15) is 24.5 Å². The summed E-state index contributed by atoms with van der Waals surface area (Å²) in [5.74, 6) is -0.435. The zero-order valence-corrected chi connectivity index (χ0v) is 15.4. The molecule has 0 spiro atoms. The van der Waals surface area contributed by atoms with Crippen molar-refractivity contribution in [2.45, 2.75) is 25.4 Å². The van der Waals surface area contributed by atoms with E-state index in [1.165, 1.54) is 13.2 Å². The second kappa shape index (κ2) is 8.40. The lowest BCUT2D eigenvalue weighted by atomic mass is 9.95. The Kier molecular flexibility index (Phi) is 6.52. The smallest absolute Gasteiger partial charge is 0.220 e. The van der Waals surface area contributed by atoms with E-state index in [-0.39, 0.29) is 18.3 Å². The minimum Gasteiger partial charge on any atom is -0.372 e. The van der Waals surface area contributed by atoms with Gasteiger partial charge in [-0.05, 0) is 31.0 Å². The summed E-state index contributed by atoms with van der Waals surface area (Å²) in [6, 6.07) is 14.3. The average Bonchev–Trinajstić information content (AvgIpc) is 2.59. The molecule has 0 bridgehead atoms. The molecular weight excluding hydrogens is 373 g/mol. The van der Waals surface area contributed by atoms with Gasteiger partial charge in [0.1, 0.15) is 11.4 Å². The lowest BCUT2D eigenvalue weighted by Crippen LogP contribution is -2.40. The Morgan fingerprint density at radius 1 is 1.21 bits per heavy atom. The highest BCUT2D eigenvalue weighted by Crippen LogP contribution is 2.26. The summed E-state index contributed by atoms with van der Waals surface area (Å²) < 4.78 is 20.5. The van der Waals surface area contributed by atoms with E-state index < -0.39 is 5.60 Å². The number of aryl methyl sites for hydroxylation is 1. The molecule has 24 heavy (non-hydrogen) atoms. The molecule has 1 N–H and O–H groups in total. The van der Waals surface area contributed by atoms with Crippen molar-refractivity contribution in [1.29, 1.82) is 0 Å². The highest BCUT2D eigenvalue weighted by atomic mass is 79.9. The Morgan fingerprint density at radius 3 is 2.54 bits per heavy atom. The highest BCUT2D eigenvalue weighted by molar-refractivity contribution is 9.10. The fraction of sp³-hybridized carbons (Fsp3) is 0.316. The molecule has 0 heterocycles. The number of amides is 1. The molecule has 0 unspecified atom stereocenters. The van der Waals surface area contributed by atoms with Crippen molar-refractivity contribution in [1.82, 2.24) is 5.32 Å². The van der Waals surface area contributed by atoms with Crippen LogP contribution in [0.5, 0.6) is 0 Å². The summed E-state index contributed by atoms with van der Waals surface area (Å²) in [7, 11) is 1.51. The van der Waals surface area contributed by atoms with Crippen molar-refractivity contribution in [3.05, 3.63) is 69.9 Å². The number of methoxy groups -OCH3 is 1. The van der Waals surface area contributed by atoms with E-state index in [9.17, 15) is 9.18 Å². The van der Waals surface area contributed by atoms with Gasteiger partial charge < -0.3 is 10.1 Å². The second-order valence-corrected chi connectivity index (χ2v) is 6.64. The Morgan fingerprint density at radius 2 is 1.88 bits per heavy atom. The maximum atomic E-state index is 14.0. The van der Waals surface area contributed by atoms with Gasteiger partial charge in [0, 0.05) is 23.6 Å². The third-order valence-corrected chi connectivity index (χ3v) is 4.87. The standard InChI is InChI=1S/C19H21BrFNO2/c1-19(24-2,15-8-4-6-10-17(15)21)13-22-18(23)12-11-14-7-3-5-9-16(14)20/h3-10H,11-13H2,1-2H3,(H,22,23)/t19-/m0/s1. The van der Waals surface area contributed by atoms with E-state index in [2.05, 4.69) is 21.2 Å². The Labute approximate surface area is 150 Å². The van der Waals surface area contributed by atoms with Crippen molar-refractivity contribution in [3.63, 3.8) is 0 Å². The molecule has 0 saturated carbocycles. The summed E-state index contributed by atoms with van der Waals surface area (Å²) in [5, 5.41) is 2.84. The number of ether oxygens (including phenoxy) is 1. The number of hydrogen-bond donors (Lipinski definition) is 1. The van der Waals surface area contributed by atoms with Gasteiger partial charge in [0.05, 0.1) is 6.54 Å². The first-order valence-electron chi connectivity index (χ1n) is 7.76. The molecule has 0 aliphatic rings. The molecule has 0 fully saturated rings. The van der Waals surface area contributed by atoms with Crippen LogP contribution in [0.2, 0.25) is 0 Å². The molecule has 3 nitrogen and oxygen atoms in total. The van der Waals surface area contributed by atoms with E-state index in [1.807, 2.05) is 24.3 Å². The van der Waals surface area contributed by atoms with Crippen LogP contribution in [0.3, 0.4) is 0 Å². The molecule has 0 aromatic heterocycles. The van der Waals surface area contributed by atoms with Crippen LogP contribution in [0.4, 0.5) is 4.39 Å². The molecule has 1 amide bonds. The molecule has 2 aromatic carbocycles. The van der Waals surface area contributed by atoms with Crippen LogP contribution in [-0.2, 0) is 21.6 Å². The lowest BCUT2D eigenvalue weighted by Gasteiger charge is -2.29. The van der Waals surface area contributed by atoms with Gasteiger partial charge in [0.15, 0.2) is 0 Å². The predicted octanol–water partition coefficient (Wildman–Crippen LogP) is 4.20. The second-order valence-electron chi connectivity index (χ2n) is 5.78. The first-order valence-corrected chi connectivity index (χ1v) is 8.56. The van der Waals surface area contributed by atoms with Crippen molar-refractivity contribution < 1.29 is 13.9 Å².